The Morgan fingerprint density at radius 1 is 0.958 bits per heavy atom. The Morgan fingerprint density at radius 3 is 2.46 bits per heavy atom. The average molecular weight is 333 g/mol. The zero-order valence-corrected chi connectivity index (χ0v) is 14.4. The molecule has 2 aromatic carbocycles. The van der Waals surface area contributed by atoms with Gasteiger partial charge in [0.05, 0.1) is 12.0 Å². The van der Waals surface area contributed by atoms with Crippen LogP contribution >= 0.6 is 11.3 Å². The van der Waals surface area contributed by atoms with E-state index in [-0.39, 0.29) is 5.91 Å². The van der Waals surface area contributed by atoms with Gasteiger partial charge in [-0.05, 0) is 35.6 Å². The standard InChI is InChI=1S/C21H19NOS/c1-21(14-17-10-7-13-24-17)18-11-5-6-12-19(18)22(20(21)23)15-16-8-3-2-4-9-16/h2-13H,14-15H2,1H3. The van der Waals surface area contributed by atoms with E-state index < -0.39 is 5.41 Å². The molecule has 120 valence electrons. The lowest BCUT2D eigenvalue weighted by molar-refractivity contribution is -0.122. The van der Waals surface area contributed by atoms with Gasteiger partial charge in [-0.15, -0.1) is 11.3 Å². The molecule has 24 heavy (non-hydrogen) atoms. The fraction of sp³-hybridized carbons (Fsp3) is 0.190. The van der Waals surface area contributed by atoms with Crippen molar-refractivity contribution in [1.29, 1.82) is 0 Å². The Hall–Kier alpha value is -2.39. The Kier molecular flexibility index (Phi) is 3.73. The van der Waals surface area contributed by atoms with Crippen molar-refractivity contribution in [3.63, 3.8) is 0 Å². The largest absolute Gasteiger partial charge is 0.307 e. The highest BCUT2D eigenvalue weighted by Gasteiger charge is 2.47. The van der Waals surface area contributed by atoms with Gasteiger partial charge in [-0.25, -0.2) is 0 Å². The lowest BCUT2D eigenvalue weighted by atomic mass is 9.80. The molecule has 2 heterocycles. The predicted molar refractivity (Wildman–Crippen MR) is 99.4 cm³/mol. The summed E-state index contributed by atoms with van der Waals surface area (Å²) in [6, 6.07) is 22.6. The number of carbonyl (C=O) groups excluding carboxylic acids is 1. The van der Waals surface area contributed by atoms with E-state index in [1.165, 1.54) is 4.88 Å². The van der Waals surface area contributed by atoms with E-state index in [0.29, 0.717) is 6.54 Å². The van der Waals surface area contributed by atoms with Crippen LogP contribution in [0.3, 0.4) is 0 Å². The summed E-state index contributed by atoms with van der Waals surface area (Å²) in [6.07, 6.45) is 0.756. The van der Waals surface area contributed by atoms with Crippen molar-refractivity contribution < 1.29 is 4.79 Å². The van der Waals surface area contributed by atoms with Crippen molar-refractivity contribution in [2.24, 2.45) is 0 Å². The summed E-state index contributed by atoms with van der Waals surface area (Å²) in [4.78, 5) is 16.5. The number of carbonyl (C=O) groups is 1. The molecule has 1 unspecified atom stereocenters. The molecule has 0 radical (unpaired) electrons. The maximum absolute atomic E-state index is 13.3. The van der Waals surface area contributed by atoms with Crippen molar-refractivity contribution in [1.82, 2.24) is 0 Å². The minimum absolute atomic E-state index is 0.195. The average Bonchev–Trinajstić information content (AvgIpc) is 3.18. The zero-order valence-electron chi connectivity index (χ0n) is 13.6. The summed E-state index contributed by atoms with van der Waals surface area (Å²) in [5.41, 5.74) is 2.85. The van der Waals surface area contributed by atoms with Crippen molar-refractivity contribution >= 4 is 22.9 Å². The van der Waals surface area contributed by atoms with Crippen LogP contribution in [0.15, 0.2) is 72.1 Å². The Bertz CT molecular complexity index is 857. The number of fused-ring (bicyclic) bond motifs is 1. The Morgan fingerprint density at radius 2 is 1.71 bits per heavy atom. The van der Waals surface area contributed by atoms with Gasteiger partial charge < -0.3 is 4.90 Å². The predicted octanol–water partition coefficient (Wildman–Crippen LogP) is 4.80. The second-order valence-corrected chi connectivity index (χ2v) is 7.51. The third-order valence-electron chi connectivity index (χ3n) is 4.80. The van der Waals surface area contributed by atoms with Gasteiger partial charge >= 0.3 is 0 Å². The van der Waals surface area contributed by atoms with E-state index in [0.717, 1.165) is 23.2 Å². The Labute approximate surface area is 146 Å². The van der Waals surface area contributed by atoms with Gasteiger partial charge in [0, 0.05) is 17.0 Å². The fourth-order valence-electron chi connectivity index (χ4n) is 3.55. The Balaban J connectivity index is 1.74. The summed E-state index contributed by atoms with van der Waals surface area (Å²) >= 11 is 1.72. The molecule has 1 aliphatic heterocycles. The van der Waals surface area contributed by atoms with Crippen LogP contribution in [-0.2, 0) is 23.2 Å². The smallest absolute Gasteiger partial charge is 0.238 e. The van der Waals surface area contributed by atoms with E-state index in [4.69, 9.17) is 0 Å². The molecule has 0 bridgehead atoms. The first-order chi connectivity index (χ1) is 11.7. The molecule has 1 aromatic heterocycles. The number of hydrogen-bond acceptors (Lipinski definition) is 2. The highest BCUT2D eigenvalue weighted by Crippen LogP contribution is 2.44. The van der Waals surface area contributed by atoms with Gasteiger partial charge in [0.1, 0.15) is 0 Å². The molecule has 0 fully saturated rings. The van der Waals surface area contributed by atoms with Gasteiger partial charge in [-0.2, -0.15) is 0 Å². The van der Waals surface area contributed by atoms with Crippen LogP contribution < -0.4 is 4.90 Å². The maximum Gasteiger partial charge on any atom is 0.238 e. The van der Waals surface area contributed by atoms with E-state index >= 15 is 0 Å². The minimum atomic E-state index is -0.490. The summed E-state index contributed by atoms with van der Waals surface area (Å²) < 4.78 is 0. The molecule has 0 saturated heterocycles. The van der Waals surface area contributed by atoms with Crippen LogP contribution in [0.2, 0.25) is 0 Å². The number of anilines is 1. The quantitative estimate of drug-likeness (QED) is 0.672. The molecule has 3 aromatic rings. The molecule has 0 spiro atoms. The molecule has 0 aliphatic carbocycles. The molecule has 1 atom stereocenters. The number of para-hydroxylation sites is 1. The van der Waals surface area contributed by atoms with E-state index in [1.807, 2.05) is 35.2 Å². The highest BCUT2D eigenvalue weighted by atomic mass is 32.1. The second-order valence-electron chi connectivity index (χ2n) is 6.48. The lowest BCUT2D eigenvalue weighted by Gasteiger charge is -2.24. The number of nitrogens with zero attached hydrogens (tertiary/aromatic N) is 1. The normalized spacial score (nSPS) is 19.5. The molecule has 1 amide bonds. The number of amides is 1. The lowest BCUT2D eigenvalue weighted by Crippen LogP contribution is -2.39. The van der Waals surface area contributed by atoms with Crippen LogP contribution in [0.25, 0.3) is 0 Å². The molecular formula is C21H19NOS. The van der Waals surface area contributed by atoms with Crippen molar-refractivity contribution in [2.75, 3.05) is 4.90 Å². The van der Waals surface area contributed by atoms with Crippen LogP contribution in [-0.4, -0.2) is 5.91 Å². The van der Waals surface area contributed by atoms with Gasteiger partial charge in [0.2, 0.25) is 5.91 Å². The molecular weight excluding hydrogens is 314 g/mol. The third kappa shape index (κ3) is 2.45. The second kappa shape index (κ2) is 5.91. The molecule has 3 heteroatoms. The monoisotopic (exact) mass is 333 g/mol. The van der Waals surface area contributed by atoms with Crippen molar-refractivity contribution in [2.45, 2.75) is 25.3 Å². The number of thiophene rings is 1. The van der Waals surface area contributed by atoms with E-state index in [2.05, 4.69) is 48.7 Å². The van der Waals surface area contributed by atoms with Gasteiger partial charge in [0.15, 0.2) is 0 Å². The topological polar surface area (TPSA) is 20.3 Å². The fourth-order valence-corrected chi connectivity index (χ4v) is 4.41. The summed E-state index contributed by atoms with van der Waals surface area (Å²) in [6.45, 7) is 2.70. The van der Waals surface area contributed by atoms with Crippen LogP contribution in [0.5, 0.6) is 0 Å². The van der Waals surface area contributed by atoms with Crippen LogP contribution in [0.4, 0.5) is 5.69 Å². The van der Waals surface area contributed by atoms with E-state index in [1.54, 1.807) is 11.3 Å². The van der Waals surface area contributed by atoms with E-state index in [9.17, 15) is 4.79 Å². The van der Waals surface area contributed by atoms with Gasteiger partial charge in [0.25, 0.3) is 0 Å². The van der Waals surface area contributed by atoms with Crippen LogP contribution in [0.1, 0.15) is 22.9 Å². The SMILES string of the molecule is CC1(Cc2cccs2)C(=O)N(Cc2ccccc2)c2ccccc21. The first-order valence-corrected chi connectivity index (χ1v) is 9.04. The molecule has 1 aliphatic rings. The molecule has 0 saturated carbocycles. The first kappa shape index (κ1) is 15.2. The maximum atomic E-state index is 13.3. The van der Waals surface area contributed by atoms with Crippen molar-refractivity contribution in [3.8, 4) is 0 Å². The zero-order chi connectivity index (χ0) is 16.6. The van der Waals surface area contributed by atoms with Gasteiger partial charge in [-0.1, -0.05) is 54.6 Å². The summed E-state index contributed by atoms with van der Waals surface area (Å²) in [5, 5.41) is 2.08. The minimum Gasteiger partial charge on any atom is -0.307 e. The third-order valence-corrected chi connectivity index (χ3v) is 5.67. The summed E-state index contributed by atoms with van der Waals surface area (Å²) in [7, 11) is 0. The van der Waals surface area contributed by atoms with Gasteiger partial charge in [-0.3, -0.25) is 4.79 Å². The molecule has 2 nitrogen and oxygen atoms in total. The van der Waals surface area contributed by atoms with Crippen molar-refractivity contribution in [3.05, 3.63) is 88.1 Å². The molecule has 4 rings (SSSR count). The number of benzene rings is 2. The number of hydrogen-bond donors (Lipinski definition) is 0. The first-order valence-electron chi connectivity index (χ1n) is 8.16. The number of rotatable bonds is 4. The highest BCUT2D eigenvalue weighted by molar-refractivity contribution is 7.09. The molecule has 0 N–H and O–H groups in total. The van der Waals surface area contributed by atoms with Crippen LogP contribution in [0, 0.1) is 0 Å². The summed E-state index contributed by atoms with van der Waals surface area (Å²) in [5.74, 6) is 0.195.